The molecule has 22 heavy (non-hydrogen) atoms. The lowest BCUT2D eigenvalue weighted by molar-refractivity contribution is 0.112. The van der Waals surface area contributed by atoms with Crippen molar-refractivity contribution in [3.63, 3.8) is 0 Å². The van der Waals surface area contributed by atoms with Crippen LogP contribution in [0.25, 0.3) is 0 Å². The van der Waals surface area contributed by atoms with Crippen molar-refractivity contribution >= 4 is 12.0 Å². The van der Waals surface area contributed by atoms with Crippen LogP contribution in [-0.4, -0.2) is 19.4 Å². The van der Waals surface area contributed by atoms with Crippen LogP contribution in [0.4, 0.5) is 10.1 Å². The van der Waals surface area contributed by atoms with Crippen LogP contribution in [0.5, 0.6) is 0 Å². The van der Waals surface area contributed by atoms with Crippen LogP contribution in [0.2, 0.25) is 0 Å². The molecule has 0 atom stereocenters. The molecule has 0 radical (unpaired) electrons. The van der Waals surface area contributed by atoms with Gasteiger partial charge in [-0.25, -0.2) is 4.39 Å². The second kappa shape index (κ2) is 9.68. The second-order valence-electron chi connectivity index (χ2n) is 5.16. The average Bonchev–Trinajstić information content (AvgIpc) is 2.54. The molecule has 0 heterocycles. The van der Waals surface area contributed by atoms with Crippen molar-refractivity contribution in [3.05, 3.63) is 65.5 Å². The Morgan fingerprint density at radius 2 is 1.82 bits per heavy atom. The summed E-state index contributed by atoms with van der Waals surface area (Å²) in [6.07, 6.45) is 0.680. The Bertz CT molecular complexity index is 568. The van der Waals surface area contributed by atoms with Gasteiger partial charge in [-0.15, -0.1) is 0 Å². The zero-order chi connectivity index (χ0) is 16.4. The molecule has 3 nitrogen and oxygen atoms in total. The van der Waals surface area contributed by atoms with Gasteiger partial charge in [0.05, 0.1) is 0 Å². The average molecular weight is 302 g/mol. The maximum Gasteiger partial charge on any atom is 0.150 e. The number of anilines is 1. The third-order valence-corrected chi connectivity index (χ3v) is 2.94. The highest BCUT2D eigenvalue weighted by Gasteiger charge is 1.95. The number of aldehydes is 1. The molecule has 118 valence electrons. The molecule has 0 aliphatic carbocycles. The van der Waals surface area contributed by atoms with E-state index in [1.807, 2.05) is 7.05 Å². The molecule has 0 bridgehead atoms. The van der Waals surface area contributed by atoms with Gasteiger partial charge < -0.3 is 10.6 Å². The summed E-state index contributed by atoms with van der Waals surface area (Å²) >= 11 is 0. The Labute approximate surface area is 131 Å². The Hall–Kier alpha value is -2.20. The smallest absolute Gasteiger partial charge is 0.150 e. The number of halogens is 1. The first-order valence-corrected chi connectivity index (χ1v) is 7.26. The highest BCUT2D eigenvalue weighted by atomic mass is 19.1. The van der Waals surface area contributed by atoms with E-state index >= 15 is 0 Å². The first kappa shape index (κ1) is 17.9. The standard InChI is InChI=1S/C11H18N2.C7H5FO/c1-9(2)13-8-10-5-4-6-11(7-10)12-3;8-7-3-1-6(5-9)2-4-7/h4-7,9,12-13H,8H2,1-3H3;1-5H. The minimum Gasteiger partial charge on any atom is -0.388 e. The summed E-state index contributed by atoms with van der Waals surface area (Å²) in [6.45, 7) is 5.25. The number of carbonyl (C=O) groups is 1. The van der Waals surface area contributed by atoms with E-state index in [1.165, 1.54) is 35.5 Å². The van der Waals surface area contributed by atoms with Gasteiger partial charge in [0.25, 0.3) is 0 Å². The number of hydrogen-bond acceptors (Lipinski definition) is 3. The summed E-state index contributed by atoms with van der Waals surface area (Å²) in [5.41, 5.74) is 2.99. The zero-order valence-electron chi connectivity index (χ0n) is 13.3. The summed E-state index contributed by atoms with van der Waals surface area (Å²) in [5.74, 6) is -0.319. The molecular weight excluding hydrogens is 279 g/mol. The fraction of sp³-hybridized carbons (Fsp3) is 0.278. The van der Waals surface area contributed by atoms with Gasteiger partial charge >= 0.3 is 0 Å². The number of carbonyl (C=O) groups excluding carboxylic acids is 1. The minimum absolute atomic E-state index is 0.319. The number of rotatable bonds is 5. The summed E-state index contributed by atoms with van der Waals surface area (Å²) in [4.78, 5) is 10.00. The molecule has 0 aliphatic heterocycles. The van der Waals surface area contributed by atoms with Gasteiger partial charge in [0, 0.05) is 30.9 Å². The van der Waals surface area contributed by atoms with Crippen molar-refractivity contribution in [1.82, 2.24) is 5.32 Å². The largest absolute Gasteiger partial charge is 0.388 e. The Balaban J connectivity index is 0.000000235. The molecule has 0 saturated carbocycles. The van der Waals surface area contributed by atoms with E-state index in [4.69, 9.17) is 0 Å². The summed E-state index contributed by atoms with van der Waals surface area (Å²) < 4.78 is 12.1. The Morgan fingerprint density at radius 3 is 2.36 bits per heavy atom. The van der Waals surface area contributed by atoms with Crippen molar-refractivity contribution in [2.75, 3.05) is 12.4 Å². The fourth-order valence-electron chi connectivity index (χ4n) is 1.70. The number of hydrogen-bond donors (Lipinski definition) is 2. The lowest BCUT2D eigenvalue weighted by atomic mass is 10.2. The van der Waals surface area contributed by atoms with Gasteiger partial charge in [0.15, 0.2) is 0 Å². The van der Waals surface area contributed by atoms with Crippen LogP contribution in [0.15, 0.2) is 48.5 Å². The van der Waals surface area contributed by atoms with E-state index in [9.17, 15) is 9.18 Å². The van der Waals surface area contributed by atoms with E-state index in [1.54, 1.807) is 0 Å². The van der Waals surface area contributed by atoms with E-state index in [0.717, 1.165) is 6.54 Å². The van der Waals surface area contributed by atoms with Gasteiger partial charge in [-0.2, -0.15) is 0 Å². The molecule has 0 fully saturated rings. The Kier molecular flexibility index (Phi) is 7.86. The topological polar surface area (TPSA) is 41.1 Å². The van der Waals surface area contributed by atoms with Gasteiger partial charge in [0.1, 0.15) is 12.1 Å². The van der Waals surface area contributed by atoms with Gasteiger partial charge in [0.2, 0.25) is 0 Å². The highest BCUT2D eigenvalue weighted by Crippen LogP contribution is 2.09. The molecule has 2 rings (SSSR count). The van der Waals surface area contributed by atoms with Crippen molar-refractivity contribution in [3.8, 4) is 0 Å². The zero-order valence-corrected chi connectivity index (χ0v) is 13.3. The second-order valence-corrected chi connectivity index (χ2v) is 5.16. The van der Waals surface area contributed by atoms with Gasteiger partial charge in [-0.3, -0.25) is 4.79 Å². The fourth-order valence-corrected chi connectivity index (χ4v) is 1.70. The molecule has 0 saturated heterocycles. The lowest BCUT2D eigenvalue weighted by Crippen LogP contribution is -2.21. The predicted octanol–water partition coefficient (Wildman–Crippen LogP) is 3.86. The summed E-state index contributed by atoms with van der Waals surface area (Å²) in [5, 5.41) is 6.51. The first-order chi connectivity index (χ1) is 10.5. The van der Waals surface area contributed by atoms with Crippen LogP contribution in [0.1, 0.15) is 29.8 Å². The summed E-state index contributed by atoms with van der Waals surface area (Å²) in [7, 11) is 1.94. The normalized spacial score (nSPS) is 9.86. The molecule has 0 amide bonds. The van der Waals surface area contributed by atoms with E-state index in [2.05, 4.69) is 48.7 Å². The monoisotopic (exact) mass is 302 g/mol. The number of nitrogens with one attached hydrogen (secondary N) is 2. The maximum atomic E-state index is 12.1. The van der Waals surface area contributed by atoms with Crippen LogP contribution >= 0.6 is 0 Å². The maximum absolute atomic E-state index is 12.1. The van der Waals surface area contributed by atoms with Crippen molar-refractivity contribution in [2.24, 2.45) is 0 Å². The van der Waals surface area contributed by atoms with Crippen LogP contribution in [0, 0.1) is 5.82 Å². The third-order valence-electron chi connectivity index (χ3n) is 2.94. The van der Waals surface area contributed by atoms with Crippen LogP contribution < -0.4 is 10.6 Å². The van der Waals surface area contributed by atoms with Crippen molar-refractivity contribution < 1.29 is 9.18 Å². The van der Waals surface area contributed by atoms with E-state index in [-0.39, 0.29) is 5.82 Å². The van der Waals surface area contributed by atoms with Gasteiger partial charge in [-0.1, -0.05) is 26.0 Å². The van der Waals surface area contributed by atoms with E-state index < -0.39 is 0 Å². The van der Waals surface area contributed by atoms with Crippen molar-refractivity contribution in [2.45, 2.75) is 26.4 Å². The van der Waals surface area contributed by atoms with E-state index in [0.29, 0.717) is 17.9 Å². The molecule has 0 aromatic heterocycles. The lowest BCUT2D eigenvalue weighted by Gasteiger charge is -2.09. The molecule has 2 N–H and O–H groups in total. The van der Waals surface area contributed by atoms with Crippen LogP contribution in [-0.2, 0) is 6.54 Å². The van der Waals surface area contributed by atoms with Crippen LogP contribution in [0.3, 0.4) is 0 Å². The highest BCUT2D eigenvalue weighted by molar-refractivity contribution is 5.74. The molecule has 4 heteroatoms. The van der Waals surface area contributed by atoms with Gasteiger partial charge in [-0.05, 0) is 42.0 Å². The molecule has 0 aliphatic rings. The molecule has 0 spiro atoms. The molecular formula is C18H23FN2O. The van der Waals surface area contributed by atoms with Crippen molar-refractivity contribution in [1.29, 1.82) is 0 Å². The number of benzene rings is 2. The Morgan fingerprint density at radius 1 is 1.14 bits per heavy atom. The quantitative estimate of drug-likeness (QED) is 0.824. The predicted molar refractivity (Wildman–Crippen MR) is 89.8 cm³/mol. The molecule has 2 aromatic rings. The molecule has 0 unspecified atom stereocenters. The molecule has 2 aromatic carbocycles. The SMILES string of the molecule is CNc1cccc(CNC(C)C)c1.O=Cc1ccc(F)cc1. The summed E-state index contributed by atoms with van der Waals surface area (Å²) in [6, 6.07) is 14.4. The minimum atomic E-state index is -0.319. The third kappa shape index (κ3) is 6.99. The first-order valence-electron chi connectivity index (χ1n) is 7.26.